The molecule has 2 amide bonds. The highest BCUT2D eigenvalue weighted by atomic mass is 32.1. The van der Waals surface area contributed by atoms with Gasteiger partial charge < -0.3 is 10.2 Å². The second-order valence-electron chi connectivity index (χ2n) is 8.08. The molecule has 4 heterocycles. The maximum atomic E-state index is 13.2. The van der Waals surface area contributed by atoms with Crippen LogP contribution < -0.4 is 5.32 Å². The minimum absolute atomic E-state index is 0.00319. The molecule has 2 aromatic rings. The quantitative estimate of drug-likeness (QED) is 0.810. The first-order chi connectivity index (χ1) is 13.5. The average molecular weight is 401 g/mol. The minimum Gasteiger partial charge on any atom is -0.354 e. The fraction of sp³-hybridized carbons (Fsp3) is 0.571. The molecule has 6 nitrogen and oxygen atoms in total. The second kappa shape index (κ2) is 7.35. The van der Waals surface area contributed by atoms with Crippen molar-refractivity contribution in [2.45, 2.75) is 65.1 Å². The smallest absolute Gasteiger partial charge is 0.264 e. The standard InChI is InChI=1S/C21H28N4O2S/c1-4-21(20(27)22-9-11-24-10-7-15(3)23-24)13-16-5-6-17(21)25(16)19(26)18-14(2)8-12-28-18/h7-8,10,12,16-17H,4-6,9,11,13H2,1-3H3,(H,22,27)/t16-,17+,21+/m1/s1. The molecule has 1 N–H and O–H groups in total. The maximum absolute atomic E-state index is 13.2. The van der Waals surface area contributed by atoms with Crippen LogP contribution in [-0.2, 0) is 11.3 Å². The summed E-state index contributed by atoms with van der Waals surface area (Å²) < 4.78 is 1.85. The van der Waals surface area contributed by atoms with Crippen molar-refractivity contribution < 1.29 is 9.59 Å². The Labute approximate surface area is 169 Å². The summed E-state index contributed by atoms with van der Waals surface area (Å²) in [4.78, 5) is 29.3. The van der Waals surface area contributed by atoms with Gasteiger partial charge in [0, 0.05) is 24.8 Å². The van der Waals surface area contributed by atoms with E-state index in [1.54, 1.807) is 0 Å². The largest absolute Gasteiger partial charge is 0.354 e. The third-order valence-electron chi connectivity index (χ3n) is 6.51. The molecule has 150 valence electrons. The van der Waals surface area contributed by atoms with E-state index < -0.39 is 5.41 Å². The van der Waals surface area contributed by atoms with Gasteiger partial charge in [0.15, 0.2) is 0 Å². The molecule has 4 rings (SSSR count). The average Bonchev–Trinajstić information content (AvgIpc) is 3.45. The summed E-state index contributed by atoms with van der Waals surface area (Å²) in [5.41, 5.74) is 1.54. The number of nitrogens with zero attached hydrogens (tertiary/aromatic N) is 3. The van der Waals surface area contributed by atoms with Crippen molar-refractivity contribution in [3.05, 3.63) is 39.8 Å². The van der Waals surface area contributed by atoms with Gasteiger partial charge in [-0.1, -0.05) is 6.92 Å². The van der Waals surface area contributed by atoms with Gasteiger partial charge in [0.05, 0.1) is 22.5 Å². The number of carbonyl (C=O) groups excluding carboxylic acids is 2. The Morgan fingerprint density at radius 2 is 2.14 bits per heavy atom. The number of carbonyl (C=O) groups is 2. The molecule has 2 saturated heterocycles. The molecule has 2 aliphatic rings. The second-order valence-corrected chi connectivity index (χ2v) is 9.00. The zero-order chi connectivity index (χ0) is 19.9. The highest BCUT2D eigenvalue weighted by Crippen LogP contribution is 2.52. The lowest BCUT2D eigenvalue weighted by Crippen LogP contribution is -2.50. The number of aryl methyl sites for hydroxylation is 2. The molecular formula is C21H28N4O2S. The molecule has 3 atom stereocenters. The van der Waals surface area contributed by atoms with E-state index in [4.69, 9.17) is 0 Å². The molecule has 0 aliphatic carbocycles. The van der Waals surface area contributed by atoms with Gasteiger partial charge in [0.2, 0.25) is 5.91 Å². The van der Waals surface area contributed by atoms with Crippen molar-refractivity contribution in [2.24, 2.45) is 5.41 Å². The van der Waals surface area contributed by atoms with E-state index in [0.717, 1.165) is 41.8 Å². The first-order valence-electron chi connectivity index (χ1n) is 10.1. The van der Waals surface area contributed by atoms with E-state index in [1.807, 2.05) is 47.1 Å². The molecular weight excluding hydrogens is 372 g/mol. The van der Waals surface area contributed by atoms with Crippen LogP contribution in [0.4, 0.5) is 0 Å². The van der Waals surface area contributed by atoms with Crippen LogP contribution in [0.3, 0.4) is 0 Å². The first-order valence-corrected chi connectivity index (χ1v) is 11.0. The van der Waals surface area contributed by atoms with Crippen LogP contribution in [0.15, 0.2) is 23.7 Å². The lowest BCUT2D eigenvalue weighted by Gasteiger charge is -2.35. The summed E-state index contributed by atoms with van der Waals surface area (Å²) in [6.07, 6.45) is 5.38. The Kier molecular flexibility index (Phi) is 5.04. The predicted octanol–water partition coefficient (Wildman–Crippen LogP) is 3.15. The van der Waals surface area contributed by atoms with Gasteiger partial charge in [0.25, 0.3) is 5.91 Å². The van der Waals surface area contributed by atoms with Crippen LogP contribution in [0.25, 0.3) is 0 Å². The van der Waals surface area contributed by atoms with Crippen LogP contribution in [0, 0.1) is 19.3 Å². The monoisotopic (exact) mass is 400 g/mol. The number of amides is 2. The van der Waals surface area contributed by atoms with Crippen LogP contribution >= 0.6 is 11.3 Å². The van der Waals surface area contributed by atoms with E-state index in [9.17, 15) is 9.59 Å². The van der Waals surface area contributed by atoms with Gasteiger partial charge in [-0.05, 0) is 62.6 Å². The number of rotatable bonds is 6. The third kappa shape index (κ3) is 3.05. The molecule has 2 aliphatic heterocycles. The zero-order valence-corrected chi connectivity index (χ0v) is 17.6. The molecule has 28 heavy (non-hydrogen) atoms. The van der Waals surface area contributed by atoms with Crippen molar-refractivity contribution in [3.63, 3.8) is 0 Å². The molecule has 0 unspecified atom stereocenters. The molecule has 2 bridgehead atoms. The SMILES string of the molecule is CC[C@]1(C(=O)NCCn2ccc(C)n2)C[C@H]2CC[C@@H]1N2C(=O)c1sccc1C. The fourth-order valence-electron chi connectivity index (χ4n) is 5.03. The maximum Gasteiger partial charge on any atom is 0.264 e. The Balaban J connectivity index is 1.47. The molecule has 7 heteroatoms. The van der Waals surface area contributed by atoms with Gasteiger partial charge in [0.1, 0.15) is 0 Å². The molecule has 2 aromatic heterocycles. The summed E-state index contributed by atoms with van der Waals surface area (Å²) in [6, 6.07) is 4.13. The minimum atomic E-state index is -0.468. The number of aromatic nitrogens is 2. The summed E-state index contributed by atoms with van der Waals surface area (Å²) in [5, 5.41) is 9.47. The van der Waals surface area contributed by atoms with Crippen molar-refractivity contribution in [2.75, 3.05) is 6.54 Å². The van der Waals surface area contributed by atoms with Gasteiger partial charge >= 0.3 is 0 Å². The molecule has 2 fully saturated rings. The first kappa shape index (κ1) is 19.2. The molecule has 0 aromatic carbocycles. The topological polar surface area (TPSA) is 67.2 Å². The number of thiophene rings is 1. The summed E-state index contributed by atoms with van der Waals surface area (Å²) in [7, 11) is 0. The zero-order valence-electron chi connectivity index (χ0n) is 16.8. The van der Waals surface area contributed by atoms with Crippen LogP contribution in [0.5, 0.6) is 0 Å². The summed E-state index contributed by atoms with van der Waals surface area (Å²) >= 11 is 1.50. The number of hydrogen-bond donors (Lipinski definition) is 1. The van der Waals surface area contributed by atoms with E-state index in [2.05, 4.69) is 17.3 Å². The van der Waals surface area contributed by atoms with Gasteiger partial charge in [-0.15, -0.1) is 11.3 Å². The predicted molar refractivity (Wildman–Crippen MR) is 109 cm³/mol. The van der Waals surface area contributed by atoms with Crippen LogP contribution in [-0.4, -0.2) is 45.1 Å². The summed E-state index contributed by atoms with van der Waals surface area (Å²) in [5.74, 6) is 0.196. The Morgan fingerprint density at radius 1 is 1.32 bits per heavy atom. The highest BCUT2D eigenvalue weighted by molar-refractivity contribution is 7.12. The number of hydrogen-bond acceptors (Lipinski definition) is 4. The van der Waals surface area contributed by atoms with Crippen molar-refractivity contribution >= 4 is 23.2 Å². The Hall–Kier alpha value is -2.15. The normalized spacial score (nSPS) is 26.0. The fourth-order valence-corrected chi connectivity index (χ4v) is 5.90. The van der Waals surface area contributed by atoms with E-state index in [0.29, 0.717) is 13.1 Å². The van der Waals surface area contributed by atoms with Crippen molar-refractivity contribution in [1.29, 1.82) is 0 Å². The highest BCUT2D eigenvalue weighted by Gasteiger charge is 2.60. The van der Waals surface area contributed by atoms with E-state index in [1.165, 1.54) is 11.3 Å². The molecule has 0 spiro atoms. The number of fused-ring (bicyclic) bond motifs is 2. The molecule has 0 saturated carbocycles. The summed E-state index contributed by atoms with van der Waals surface area (Å²) in [6.45, 7) is 7.23. The van der Waals surface area contributed by atoms with Crippen molar-refractivity contribution in [1.82, 2.24) is 20.0 Å². The Morgan fingerprint density at radius 3 is 2.79 bits per heavy atom. The van der Waals surface area contributed by atoms with Crippen LogP contribution in [0.2, 0.25) is 0 Å². The Bertz CT molecular complexity index is 889. The van der Waals surface area contributed by atoms with E-state index in [-0.39, 0.29) is 23.9 Å². The van der Waals surface area contributed by atoms with Gasteiger partial charge in [-0.25, -0.2) is 0 Å². The third-order valence-corrected chi connectivity index (χ3v) is 7.52. The van der Waals surface area contributed by atoms with Crippen LogP contribution in [0.1, 0.15) is 53.5 Å². The lowest BCUT2D eigenvalue weighted by molar-refractivity contribution is -0.133. The molecule has 0 radical (unpaired) electrons. The van der Waals surface area contributed by atoms with E-state index >= 15 is 0 Å². The van der Waals surface area contributed by atoms with Gasteiger partial charge in [-0.3, -0.25) is 14.3 Å². The number of nitrogens with one attached hydrogen (secondary N) is 1. The van der Waals surface area contributed by atoms with Crippen molar-refractivity contribution in [3.8, 4) is 0 Å². The van der Waals surface area contributed by atoms with Gasteiger partial charge in [-0.2, -0.15) is 5.10 Å². The lowest BCUT2D eigenvalue weighted by atomic mass is 9.71.